The van der Waals surface area contributed by atoms with Gasteiger partial charge in [0.25, 0.3) is 0 Å². The Morgan fingerprint density at radius 1 is 0.636 bits per heavy atom. The fourth-order valence-corrected chi connectivity index (χ4v) is 3.49. The summed E-state index contributed by atoms with van der Waals surface area (Å²) in [5.74, 6) is 0. The van der Waals surface area contributed by atoms with Crippen molar-refractivity contribution in [3.63, 3.8) is 0 Å². The van der Waals surface area contributed by atoms with Crippen LogP contribution in [0.5, 0.6) is 0 Å². The van der Waals surface area contributed by atoms with Crippen molar-refractivity contribution in [3.8, 4) is 0 Å². The number of rotatable bonds is 6. The van der Waals surface area contributed by atoms with E-state index in [-0.39, 0.29) is 17.6 Å². The van der Waals surface area contributed by atoms with E-state index in [1.807, 2.05) is 0 Å². The Morgan fingerprint density at radius 2 is 1.00 bits per heavy atom. The zero-order chi connectivity index (χ0) is 8.69. The maximum atomic E-state index is 2.46. The van der Waals surface area contributed by atoms with Gasteiger partial charge in [-0.25, -0.2) is 0 Å². The van der Waals surface area contributed by atoms with Crippen LogP contribution in [0.1, 0.15) is 19.3 Å². The lowest BCUT2D eigenvalue weighted by Gasteiger charge is -2.04. The topological polar surface area (TPSA) is 0 Å². The van der Waals surface area contributed by atoms with Gasteiger partial charge < -0.3 is 0 Å². The van der Waals surface area contributed by atoms with Crippen LogP contribution in [0.4, 0.5) is 0 Å². The number of hydrogen-bond donors (Lipinski definition) is 0. The van der Waals surface area contributed by atoms with Gasteiger partial charge in [-0.05, 0) is 0 Å². The van der Waals surface area contributed by atoms with E-state index in [4.69, 9.17) is 0 Å². The van der Waals surface area contributed by atoms with E-state index in [0.29, 0.717) is 0 Å². The Balaban J connectivity index is 2.91. The molecular formula is C9H24Si2. The lowest BCUT2D eigenvalue weighted by atomic mass is 10.3. The third-order valence-electron chi connectivity index (χ3n) is 2.06. The van der Waals surface area contributed by atoms with Gasteiger partial charge in [-0.3, -0.25) is 0 Å². The van der Waals surface area contributed by atoms with Crippen LogP contribution in [-0.4, -0.2) is 17.6 Å². The summed E-state index contributed by atoms with van der Waals surface area (Å²) in [4.78, 5) is 0. The van der Waals surface area contributed by atoms with Crippen molar-refractivity contribution in [3.05, 3.63) is 0 Å². The van der Waals surface area contributed by atoms with E-state index in [9.17, 15) is 0 Å². The van der Waals surface area contributed by atoms with Gasteiger partial charge in [-0.2, -0.15) is 0 Å². The van der Waals surface area contributed by atoms with Crippen LogP contribution < -0.4 is 0 Å². The summed E-state index contributed by atoms with van der Waals surface area (Å²) in [5, 5.41) is 0. The minimum Gasteiger partial charge on any atom is -0.0722 e. The highest BCUT2D eigenvalue weighted by Crippen LogP contribution is 2.08. The molecule has 0 atom stereocenters. The first-order valence-electron chi connectivity index (χ1n) is 5.13. The highest BCUT2D eigenvalue weighted by atomic mass is 28.3. The maximum absolute atomic E-state index is 2.46. The SMILES string of the molecule is C[SiH](C)CCCCC[SiH](C)C. The van der Waals surface area contributed by atoms with Gasteiger partial charge in [0.05, 0.1) is 0 Å². The number of unbranched alkanes of at least 4 members (excludes halogenated alkanes) is 2. The molecule has 0 saturated carbocycles. The first kappa shape index (κ1) is 11.4. The molecule has 0 aromatic carbocycles. The first-order chi connectivity index (χ1) is 5.13. The second kappa shape index (κ2) is 7.10. The van der Waals surface area contributed by atoms with Crippen LogP contribution in [0.25, 0.3) is 0 Å². The first-order valence-corrected chi connectivity index (χ1v) is 11.4. The van der Waals surface area contributed by atoms with Crippen LogP contribution in [0.2, 0.25) is 38.3 Å². The molecule has 0 unspecified atom stereocenters. The van der Waals surface area contributed by atoms with E-state index in [1.54, 1.807) is 12.1 Å². The monoisotopic (exact) mass is 188 g/mol. The van der Waals surface area contributed by atoms with Gasteiger partial charge in [-0.15, -0.1) is 0 Å². The highest BCUT2D eigenvalue weighted by molar-refractivity contribution is 6.56. The summed E-state index contributed by atoms with van der Waals surface area (Å²) < 4.78 is 0. The predicted molar refractivity (Wildman–Crippen MR) is 61.2 cm³/mol. The molecule has 68 valence electrons. The van der Waals surface area contributed by atoms with Crippen LogP contribution in [-0.2, 0) is 0 Å². The van der Waals surface area contributed by atoms with Crippen LogP contribution >= 0.6 is 0 Å². The molecule has 0 bridgehead atoms. The smallest absolute Gasteiger partial charge is 0.0305 e. The van der Waals surface area contributed by atoms with Gasteiger partial charge in [-0.1, -0.05) is 57.5 Å². The van der Waals surface area contributed by atoms with Gasteiger partial charge in [0.1, 0.15) is 0 Å². The molecule has 2 heteroatoms. The molecule has 0 aromatic heterocycles. The maximum Gasteiger partial charge on any atom is 0.0305 e. The summed E-state index contributed by atoms with van der Waals surface area (Å²) in [6.45, 7) is 9.82. The average molecular weight is 188 g/mol. The van der Waals surface area contributed by atoms with E-state index in [1.165, 1.54) is 19.3 Å². The Kier molecular flexibility index (Phi) is 7.38. The molecule has 0 spiro atoms. The van der Waals surface area contributed by atoms with Crippen LogP contribution in [0.3, 0.4) is 0 Å². The zero-order valence-electron chi connectivity index (χ0n) is 8.69. The molecule has 0 N–H and O–H groups in total. The van der Waals surface area contributed by atoms with Crippen LogP contribution in [0, 0.1) is 0 Å². The fourth-order valence-electron chi connectivity index (χ4n) is 1.28. The molecule has 0 radical (unpaired) electrons. The Hall–Kier alpha value is 0.434. The molecule has 0 rings (SSSR count). The summed E-state index contributed by atoms with van der Waals surface area (Å²) in [6, 6.07) is 3.14. The molecule has 0 nitrogen and oxygen atoms in total. The van der Waals surface area contributed by atoms with E-state index in [0.717, 1.165) is 0 Å². The van der Waals surface area contributed by atoms with Gasteiger partial charge in [0.2, 0.25) is 0 Å². The van der Waals surface area contributed by atoms with Crippen molar-refractivity contribution in [2.75, 3.05) is 0 Å². The van der Waals surface area contributed by atoms with Crippen molar-refractivity contribution < 1.29 is 0 Å². The van der Waals surface area contributed by atoms with E-state index >= 15 is 0 Å². The molecule has 0 saturated heterocycles. The van der Waals surface area contributed by atoms with E-state index < -0.39 is 0 Å². The minimum absolute atomic E-state index is 0.226. The Bertz CT molecular complexity index is 69.6. The molecule has 0 aliphatic carbocycles. The summed E-state index contributed by atoms with van der Waals surface area (Å²) in [6.07, 6.45) is 4.55. The third-order valence-corrected chi connectivity index (χ3v) is 5.19. The standard InChI is InChI=1S/C9H24Si2/c1-10(2)8-6-5-7-9-11(3)4/h10-11H,5-9H2,1-4H3. The average Bonchev–Trinajstić information content (AvgIpc) is 1.85. The second-order valence-electron chi connectivity index (χ2n) is 4.43. The van der Waals surface area contributed by atoms with Crippen LogP contribution in [0.15, 0.2) is 0 Å². The summed E-state index contributed by atoms with van der Waals surface area (Å²) >= 11 is 0. The van der Waals surface area contributed by atoms with Gasteiger partial charge in [0, 0.05) is 17.6 Å². The molecule has 0 amide bonds. The molecule has 0 fully saturated rings. The van der Waals surface area contributed by atoms with Crippen molar-refractivity contribution in [2.45, 2.75) is 57.5 Å². The number of hydrogen-bond acceptors (Lipinski definition) is 0. The summed E-state index contributed by atoms with van der Waals surface area (Å²) in [5.41, 5.74) is 0. The Labute approximate surface area is 75.6 Å². The molecular weight excluding hydrogens is 164 g/mol. The lowest BCUT2D eigenvalue weighted by Crippen LogP contribution is -2.00. The van der Waals surface area contributed by atoms with Gasteiger partial charge >= 0.3 is 0 Å². The molecule has 0 heterocycles. The zero-order valence-corrected chi connectivity index (χ0v) is 11.0. The normalized spacial score (nSPS) is 11.5. The molecule has 11 heavy (non-hydrogen) atoms. The lowest BCUT2D eigenvalue weighted by molar-refractivity contribution is 0.761. The second-order valence-corrected chi connectivity index (χ2v) is 11.2. The molecule has 0 aliphatic rings. The third kappa shape index (κ3) is 10.4. The summed E-state index contributed by atoms with van der Waals surface area (Å²) in [7, 11) is -0.453. The highest BCUT2D eigenvalue weighted by Gasteiger charge is 1.97. The quantitative estimate of drug-likeness (QED) is 0.444. The Morgan fingerprint density at radius 3 is 1.27 bits per heavy atom. The van der Waals surface area contributed by atoms with E-state index in [2.05, 4.69) is 26.2 Å². The molecule has 0 aromatic rings. The van der Waals surface area contributed by atoms with Crippen molar-refractivity contribution >= 4 is 17.6 Å². The van der Waals surface area contributed by atoms with Crippen molar-refractivity contribution in [1.82, 2.24) is 0 Å². The fraction of sp³-hybridized carbons (Fsp3) is 1.00. The van der Waals surface area contributed by atoms with Gasteiger partial charge in [0.15, 0.2) is 0 Å². The minimum atomic E-state index is -0.226. The molecule has 0 aliphatic heterocycles. The predicted octanol–water partition coefficient (Wildman–Crippen LogP) is 3.13. The van der Waals surface area contributed by atoms with Crippen molar-refractivity contribution in [1.29, 1.82) is 0 Å². The van der Waals surface area contributed by atoms with Crippen molar-refractivity contribution in [2.24, 2.45) is 0 Å². The largest absolute Gasteiger partial charge is 0.0722 e.